The minimum Gasteiger partial charge on any atom is -0.343 e. The zero-order valence-electron chi connectivity index (χ0n) is 16.0. The second-order valence-electron chi connectivity index (χ2n) is 7.14. The maximum atomic E-state index is 12.9. The van der Waals surface area contributed by atoms with E-state index in [9.17, 15) is 9.59 Å². The number of carbonyl (C=O) groups is 2. The van der Waals surface area contributed by atoms with Crippen LogP contribution < -0.4 is 5.32 Å². The van der Waals surface area contributed by atoms with Gasteiger partial charge in [-0.05, 0) is 32.8 Å². The first-order valence-corrected chi connectivity index (χ1v) is 9.43. The zero-order valence-corrected chi connectivity index (χ0v) is 16.0. The molecular formula is C21H22N4O3. The fourth-order valence-corrected chi connectivity index (χ4v) is 3.48. The summed E-state index contributed by atoms with van der Waals surface area (Å²) in [7, 11) is 0. The molecule has 2 aromatic heterocycles. The lowest BCUT2D eigenvalue weighted by Crippen LogP contribution is -2.38. The maximum absolute atomic E-state index is 12.9. The molecule has 1 aliphatic rings. The highest BCUT2D eigenvalue weighted by Gasteiger charge is 2.22. The molecule has 0 aliphatic carbocycles. The Bertz CT molecular complexity index is 1030. The third kappa shape index (κ3) is 3.47. The van der Waals surface area contributed by atoms with Crippen LogP contribution >= 0.6 is 0 Å². The van der Waals surface area contributed by atoms with Gasteiger partial charge in [-0.3, -0.25) is 9.59 Å². The normalized spacial score (nSPS) is 13.9. The summed E-state index contributed by atoms with van der Waals surface area (Å²) >= 11 is 0. The average Bonchev–Trinajstić information content (AvgIpc) is 3.36. The molecule has 2 amide bonds. The van der Waals surface area contributed by atoms with E-state index in [1.807, 2.05) is 31.2 Å². The summed E-state index contributed by atoms with van der Waals surface area (Å²) in [5, 5.41) is 7.27. The van der Waals surface area contributed by atoms with E-state index in [-0.39, 0.29) is 18.4 Å². The minimum absolute atomic E-state index is 0.0210. The van der Waals surface area contributed by atoms with Gasteiger partial charge in [-0.1, -0.05) is 35.0 Å². The van der Waals surface area contributed by atoms with Crippen molar-refractivity contribution in [3.8, 4) is 11.3 Å². The number of hydrogen-bond acceptors (Lipinski definition) is 5. The molecule has 1 aromatic carbocycles. The van der Waals surface area contributed by atoms with Crippen LogP contribution in [0.1, 0.15) is 34.5 Å². The number of likely N-dealkylation sites (tertiary alicyclic amines) is 1. The SMILES string of the molecule is Cc1ccc(-c2cc(C(=O)NCC(=O)N3CCCC3)c3c(C)noc3n2)cc1. The van der Waals surface area contributed by atoms with Gasteiger partial charge in [0.1, 0.15) is 0 Å². The van der Waals surface area contributed by atoms with Crippen LogP contribution in [0.4, 0.5) is 0 Å². The Kier molecular flexibility index (Phi) is 4.81. The van der Waals surface area contributed by atoms with E-state index in [2.05, 4.69) is 15.5 Å². The average molecular weight is 378 g/mol. The number of aromatic nitrogens is 2. The third-order valence-electron chi connectivity index (χ3n) is 5.07. The van der Waals surface area contributed by atoms with E-state index in [4.69, 9.17) is 4.52 Å². The predicted octanol–water partition coefficient (Wildman–Crippen LogP) is 2.86. The van der Waals surface area contributed by atoms with Crippen molar-refractivity contribution in [1.29, 1.82) is 0 Å². The minimum atomic E-state index is -0.334. The van der Waals surface area contributed by atoms with E-state index in [0.29, 0.717) is 28.1 Å². The number of carbonyl (C=O) groups excluding carboxylic acids is 2. The molecule has 1 fully saturated rings. The van der Waals surface area contributed by atoms with Gasteiger partial charge in [-0.15, -0.1) is 0 Å². The Morgan fingerprint density at radius 1 is 1.14 bits per heavy atom. The number of benzene rings is 1. The van der Waals surface area contributed by atoms with Crippen molar-refractivity contribution in [2.75, 3.05) is 19.6 Å². The predicted molar refractivity (Wildman–Crippen MR) is 105 cm³/mol. The second-order valence-corrected chi connectivity index (χ2v) is 7.14. The van der Waals surface area contributed by atoms with Crippen LogP contribution in [0.25, 0.3) is 22.4 Å². The van der Waals surface area contributed by atoms with E-state index in [1.54, 1.807) is 17.9 Å². The molecular weight excluding hydrogens is 356 g/mol. The molecule has 0 atom stereocenters. The summed E-state index contributed by atoms with van der Waals surface area (Å²) in [4.78, 5) is 31.4. The first kappa shape index (κ1) is 18.2. The number of fused-ring (bicyclic) bond motifs is 1. The molecule has 3 heterocycles. The topological polar surface area (TPSA) is 88.3 Å². The Labute approximate surface area is 162 Å². The van der Waals surface area contributed by atoms with Crippen LogP contribution in [0.15, 0.2) is 34.9 Å². The van der Waals surface area contributed by atoms with Crippen LogP contribution in [0.3, 0.4) is 0 Å². The van der Waals surface area contributed by atoms with E-state index in [1.165, 1.54) is 0 Å². The molecule has 7 nitrogen and oxygen atoms in total. The van der Waals surface area contributed by atoms with E-state index >= 15 is 0 Å². The Balaban J connectivity index is 1.64. The van der Waals surface area contributed by atoms with Crippen molar-refractivity contribution in [2.24, 2.45) is 0 Å². The molecule has 0 saturated carbocycles. The molecule has 7 heteroatoms. The summed E-state index contributed by atoms with van der Waals surface area (Å²) < 4.78 is 5.32. The lowest BCUT2D eigenvalue weighted by Gasteiger charge is -2.15. The number of amides is 2. The highest BCUT2D eigenvalue weighted by molar-refractivity contribution is 6.07. The van der Waals surface area contributed by atoms with Gasteiger partial charge in [0.05, 0.1) is 28.9 Å². The summed E-state index contributed by atoms with van der Waals surface area (Å²) in [6.07, 6.45) is 2.04. The molecule has 1 saturated heterocycles. The lowest BCUT2D eigenvalue weighted by atomic mass is 10.0. The first-order chi connectivity index (χ1) is 13.5. The van der Waals surface area contributed by atoms with Crippen molar-refractivity contribution in [2.45, 2.75) is 26.7 Å². The highest BCUT2D eigenvalue weighted by atomic mass is 16.5. The van der Waals surface area contributed by atoms with E-state index in [0.717, 1.165) is 37.1 Å². The van der Waals surface area contributed by atoms with Crippen molar-refractivity contribution in [3.05, 3.63) is 47.2 Å². The lowest BCUT2D eigenvalue weighted by molar-refractivity contribution is -0.129. The van der Waals surface area contributed by atoms with Crippen molar-refractivity contribution in [1.82, 2.24) is 20.4 Å². The molecule has 3 aromatic rings. The molecule has 0 bridgehead atoms. The van der Waals surface area contributed by atoms with Crippen LogP contribution in [0, 0.1) is 13.8 Å². The van der Waals surface area contributed by atoms with Gasteiger partial charge < -0.3 is 14.7 Å². The molecule has 0 radical (unpaired) electrons. The molecule has 144 valence electrons. The third-order valence-corrected chi connectivity index (χ3v) is 5.07. The highest BCUT2D eigenvalue weighted by Crippen LogP contribution is 2.27. The molecule has 4 rings (SSSR count). The molecule has 28 heavy (non-hydrogen) atoms. The smallest absolute Gasteiger partial charge is 0.259 e. The van der Waals surface area contributed by atoms with Gasteiger partial charge in [0.2, 0.25) is 5.91 Å². The summed E-state index contributed by atoms with van der Waals surface area (Å²) in [5.74, 6) is -0.392. The Morgan fingerprint density at radius 2 is 1.86 bits per heavy atom. The van der Waals surface area contributed by atoms with Gasteiger partial charge in [0.25, 0.3) is 11.6 Å². The summed E-state index contributed by atoms with van der Waals surface area (Å²) in [6.45, 7) is 5.28. The van der Waals surface area contributed by atoms with Gasteiger partial charge in [-0.25, -0.2) is 4.98 Å². The van der Waals surface area contributed by atoms with Crippen molar-refractivity contribution in [3.63, 3.8) is 0 Å². The first-order valence-electron chi connectivity index (χ1n) is 9.43. The maximum Gasteiger partial charge on any atom is 0.259 e. The zero-order chi connectivity index (χ0) is 19.7. The second kappa shape index (κ2) is 7.42. The van der Waals surface area contributed by atoms with Crippen molar-refractivity contribution >= 4 is 22.9 Å². The largest absolute Gasteiger partial charge is 0.343 e. The molecule has 1 N–H and O–H groups in total. The molecule has 0 unspecified atom stereocenters. The number of rotatable bonds is 4. The number of nitrogens with zero attached hydrogens (tertiary/aromatic N) is 3. The number of nitrogens with one attached hydrogen (secondary N) is 1. The number of pyridine rings is 1. The van der Waals surface area contributed by atoms with Gasteiger partial charge >= 0.3 is 0 Å². The fraction of sp³-hybridized carbons (Fsp3) is 0.333. The molecule has 0 spiro atoms. The monoisotopic (exact) mass is 378 g/mol. The van der Waals surface area contributed by atoms with Gasteiger partial charge in [0, 0.05) is 18.7 Å². The van der Waals surface area contributed by atoms with Crippen LogP contribution in [0.2, 0.25) is 0 Å². The quantitative estimate of drug-likeness (QED) is 0.754. The number of hydrogen-bond donors (Lipinski definition) is 1. The Hall–Kier alpha value is -3.22. The standard InChI is InChI=1S/C21H22N4O3/c1-13-5-7-15(8-6-13)17-11-16(19-14(2)24-28-21(19)23-17)20(27)22-12-18(26)25-9-3-4-10-25/h5-8,11H,3-4,9-10,12H2,1-2H3,(H,22,27). The van der Waals surface area contributed by atoms with Crippen molar-refractivity contribution < 1.29 is 14.1 Å². The summed E-state index contributed by atoms with van der Waals surface area (Å²) in [6, 6.07) is 9.60. The van der Waals surface area contributed by atoms with Crippen LogP contribution in [-0.2, 0) is 4.79 Å². The van der Waals surface area contributed by atoms with E-state index < -0.39 is 0 Å². The van der Waals surface area contributed by atoms with Crippen LogP contribution in [0.5, 0.6) is 0 Å². The van der Waals surface area contributed by atoms with Gasteiger partial charge in [-0.2, -0.15) is 0 Å². The Morgan fingerprint density at radius 3 is 2.57 bits per heavy atom. The van der Waals surface area contributed by atoms with Gasteiger partial charge in [0.15, 0.2) is 0 Å². The fourth-order valence-electron chi connectivity index (χ4n) is 3.48. The molecule has 1 aliphatic heterocycles. The number of aryl methyl sites for hydroxylation is 2. The van der Waals surface area contributed by atoms with Crippen LogP contribution in [-0.4, -0.2) is 46.5 Å². The summed E-state index contributed by atoms with van der Waals surface area (Å²) in [5.41, 5.74) is 3.95.